The van der Waals surface area contributed by atoms with Crippen molar-refractivity contribution >= 4 is 0 Å². The zero-order chi connectivity index (χ0) is 8.97. The third-order valence-electron chi connectivity index (χ3n) is 1.72. The lowest BCUT2D eigenvalue weighted by molar-refractivity contribution is 0.724. The average molecular weight is 164 g/mol. The van der Waals surface area contributed by atoms with Crippen LogP contribution in [0.4, 0.5) is 0 Å². The summed E-state index contributed by atoms with van der Waals surface area (Å²) in [5.41, 5.74) is 3.52. The first-order valence-corrected chi connectivity index (χ1v) is 4.37. The van der Waals surface area contributed by atoms with Crippen molar-refractivity contribution in [2.24, 2.45) is 0 Å². The first kappa shape index (κ1) is 9.20. The summed E-state index contributed by atoms with van der Waals surface area (Å²) in [6.07, 6.45) is 0. The Labute approximate surface area is 74.0 Å². The summed E-state index contributed by atoms with van der Waals surface area (Å²) < 4.78 is 0. The molecule has 0 amide bonds. The van der Waals surface area contributed by atoms with E-state index >= 15 is 0 Å². The van der Waals surface area contributed by atoms with E-state index in [-0.39, 0.29) is 0 Å². The molecule has 1 aromatic rings. The molecule has 0 unspecified atom stereocenters. The van der Waals surface area contributed by atoms with Crippen LogP contribution in [0.1, 0.15) is 23.9 Å². The minimum Gasteiger partial charge on any atom is -0.313 e. The van der Waals surface area contributed by atoms with E-state index in [4.69, 9.17) is 0 Å². The van der Waals surface area contributed by atoms with Crippen molar-refractivity contribution in [3.05, 3.63) is 29.1 Å². The lowest BCUT2D eigenvalue weighted by Gasteiger charge is -2.04. The van der Waals surface area contributed by atoms with Gasteiger partial charge in [-0.05, 0) is 38.1 Å². The normalized spacial score (nSPS) is 10.2. The molecule has 1 heterocycles. The van der Waals surface area contributed by atoms with Crippen LogP contribution in [0, 0.1) is 13.8 Å². The lowest BCUT2D eigenvalue weighted by Crippen LogP contribution is -2.12. The second-order valence-electron chi connectivity index (χ2n) is 3.04. The van der Waals surface area contributed by atoms with Crippen LogP contribution in [0.25, 0.3) is 0 Å². The van der Waals surface area contributed by atoms with E-state index in [1.165, 1.54) is 5.56 Å². The monoisotopic (exact) mass is 164 g/mol. The van der Waals surface area contributed by atoms with Gasteiger partial charge in [0.15, 0.2) is 0 Å². The van der Waals surface area contributed by atoms with Gasteiger partial charge in [-0.15, -0.1) is 0 Å². The maximum absolute atomic E-state index is 4.31. The van der Waals surface area contributed by atoms with Crippen molar-refractivity contribution in [3.8, 4) is 0 Å². The van der Waals surface area contributed by atoms with Crippen molar-refractivity contribution in [1.29, 1.82) is 0 Å². The Morgan fingerprint density at radius 2 is 1.83 bits per heavy atom. The van der Waals surface area contributed by atoms with Gasteiger partial charge in [0, 0.05) is 17.9 Å². The molecule has 0 atom stereocenters. The fourth-order valence-corrected chi connectivity index (χ4v) is 1.29. The highest BCUT2D eigenvalue weighted by Gasteiger charge is 1.95. The molecule has 0 saturated heterocycles. The van der Waals surface area contributed by atoms with Crippen LogP contribution in [-0.2, 0) is 6.54 Å². The molecule has 0 fully saturated rings. The quantitative estimate of drug-likeness (QED) is 0.737. The highest BCUT2D eigenvalue weighted by molar-refractivity contribution is 5.19. The first-order chi connectivity index (χ1) is 5.72. The molecule has 1 aromatic heterocycles. The topological polar surface area (TPSA) is 24.9 Å². The number of hydrogen-bond acceptors (Lipinski definition) is 2. The van der Waals surface area contributed by atoms with Crippen molar-refractivity contribution in [3.63, 3.8) is 0 Å². The molecule has 12 heavy (non-hydrogen) atoms. The van der Waals surface area contributed by atoms with Crippen molar-refractivity contribution in [1.82, 2.24) is 10.3 Å². The third kappa shape index (κ3) is 2.62. The van der Waals surface area contributed by atoms with E-state index in [0.717, 1.165) is 24.5 Å². The molecule has 0 bridgehead atoms. The van der Waals surface area contributed by atoms with Gasteiger partial charge < -0.3 is 5.32 Å². The van der Waals surface area contributed by atoms with Gasteiger partial charge in [0.05, 0.1) is 0 Å². The number of aromatic nitrogens is 1. The van der Waals surface area contributed by atoms with Crippen LogP contribution < -0.4 is 5.32 Å². The van der Waals surface area contributed by atoms with E-state index in [2.05, 4.69) is 29.4 Å². The lowest BCUT2D eigenvalue weighted by atomic mass is 10.2. The van der Waals surface area contributed by atoms with Gasteiger partial charge in [0.1, 0.15) is 0 Å². The van der Waals surface area contributed by atoms with Gasteiger partial charge in [-0.2, -0.15) is 0 Å². The van der Waals surface area contributed by atoms with Gasteiger partial charge in [-0.1, -0.05) is 6.92 Å². The molecule has 2 heteroatoms. The third-order valence-corrected chi connectivity index (χ3v) is 1.72. The minimum atomic E-state index is 0.945. The molecule has 0 spiro atoms. The highest BCUT2D eigenvalue weighted by Crippen LogP contribution is 2.03. The molecule has 66 valence electrons. The average Bonchev–Trinajstić information content (AvgIpc) is 1.99. The standard InChI is InChI=1S/C10H16N2/c1-4-11-7-10-5-8(2)12-9(3)6-10/h5-6,11H,4,7H2,1-3H3. The van der Waals surface area contributed by atoms with Crippen molar-refractivity contribution in [2.75, 3.05) is 6.54 Å². The van der Waals surface area contributed by atoms with Crippen LogP contribution in [0.15, 0.2) is 12.1 Å². The summed E-state index contributed by atoms with van der Waals surface area (Å²) in [4.78, 5) is 4.31. The summed E-state index contributed by atoms with van der Waals surface area (Å²) in [5.74, 6) is 0. The Bertz CT molecular complexity index is 236. The highest BCUT2D eigenvalue weighted by atomic mass is 14.8. The number of nitrogens with zero attached hydrogens (tertiary/aromatic N) is 1. The number of pyridine rings is 1. The SMILES string of the molecule is CCNCc1cc(C)nc(C)c1. The Kier molecular flexibility index (Phi) is 3.23. The molecule has 0 aliphatic rings. The Morgan fingerprint density at radius 3 is 2.33 bits per heavy atom. The Balaban J connectivity index is 2.72. The summed E-state index contributed by atoms with van der Waals surface area (Å²) in [6, 6.07) is 4.24. The van der Waals surface area contributed by atoms with Gasteiger partial charge in [-0.25, -0.2) is 0 Å². The zero-order valence-corrected chi connectivity index (χ0v) is 8.02. The van der Waals surface area contributed by atoms with Crippen LogP contribution in [0.2, 0.25) is 0 Å². The van der Waals surface area contributed by atoms with E-state index in [1.54, 1.807) is 0 Å². The molecular formula is C10H16N2. The summed E-state index contributed by atoms with van der Waals surface area (Å²) >= 11 is 0. The molecule has 0 aromatic carbocycles. The number of hydrogen-bond donors (Lipinski definition) is 1. The second kappa shape index (κ2) is 4.21. The predicted molar refractivity (Wildman–Crippen MR) is 51.1 cm³/mol. The maximum atomic E-state index is 4.31. The summed E-state index contributed by atoms with van der Waals surface area (Å²) in [5, 5.41) is 3.29. The van der Waals surface area contributed by atoms with Crippen molar-refractivity contribution in [2.45, 2.75) is 27.3 Å². The fraction of sp³-hybridized carbons (Fsp3) is 0.500. The van der Waals surface area contributed by atoms with Crippen LogP contribution in [0.3, 0.4) is 0 Å². The molecule has 0 radical (unpaired) electrons. The molecule has 0 saturated carbocycles. The Hall–Kier alpha value is -0.890. The van der Waals surface area contributed by atoms with Gasteiger partial charge in [0.2, 0.25) is 0 Å². The molecule has 0 aliphatic carbocycles. The van der Waals surface area contributed by atoms with E-state index in [9.17, 15) is 0 Å². The van der Waals surface area contributed by atoms with Crippen LogP contribution >= 0.6 is 0 Å². The van der Waals surface area contributed by atoms with Gasteiger partial charge in [0.25, 0.3) is 0 Å². The molecular weight excluding hydrogens is 148 g/mol. The van der Waals surface area contributed by atoms with E-state index in [1.807, 2.05) is 13.8 Å². The smallest absolute Gasteiger partial charge is 0.0379 e. The molecule has 1 rings (SSSR count). The molecule has 0 aliphatic heterocycles. The van der Waals surface area contributed by atoms with Crippen LogP contribution in [0.5, 0.6) is 0 Å². The first-order valence-electron chi connectivity index (χ1n) is 4.37. The summed E-state index contributed by atoms with van der Waals surface area (Å²) in [6.45, 7) is 8.13. The van der Waals surface area contributed by atoms with E-state index in [0.29, 0.717) is 0 Å². The number of rotatable bonds is 3. The predicted octanol–water partition coefficient (Wildman–Crippen LogP) is 1.81. The number of nitrogens with one attached hydrogen (secondary N) is 1. The maximum Gasteiger partial charge on any atom is 0.0379 e. The largest absolute Gasteiger partial charge is 0.313 e. The van der Waals surface area contributed by atoms with E-state index < -0.39 is 0 Å². The minimum absolute atomic E-state index is 0.945. The number of aryl methyl sites for hydroxylation is 2. The van der Waals surface area contributed by atoms with Crippen LogP contribution in [-0.4, -0.2) is 11.5 Å². The second-order valence-corrected chi connectivity index (χ2v) is 3.04. The zero-order valence-electron chi connectivity index (χ0n) is 8.02. The van der Waals surface area contributed by atoms with Crippen molar-refractivity contribution < 1.29 is 0 Å². The van der Waals surface area contributed by atoms with Gasteiger partial charge in [-0.3, -0.25) is 4.98 Å². The summed E-state index contributed by atoms with van der Waals surface area (Å²) in [7, 11) is 0. The molecule has 2 nitrogen and oxygen atoms in total. The molecule has 1 N–H and O–H groups in total. The fourth-order valence-electron chi connectivity index (χ4n) is 1.29. The van der Waals surface area contributed by atoms with Gasteiger partial charge >= 0.3 is 0 Å². The Morgan fingerprint density at radius 1 is 1.25 bits per heavy atom.